The van der Waals surface area contributed by atoms with E-state index in [1.54, 1.807) is 0 Å². The minimum atomic E-state index is -0.0671. The van der Waals surface area contributed by atoms with Gasteiger partial charge in [-0.2, -0.15) is 0 Å². The second kappa shape index (κ2) is 6.97. The van der Waals surface area contributed by atoms with Crippen molar-refractivity contribution < 1.29 is 4.79 Å². The van der Waals surface area contributed by atoms with Gasteiger partial charge in [-0.05, 0) is 52.0 Å². The van der Waals surface area contributed by atoms with Crippen LogP contribution in [0.1, 0.15) is 52.4 Å². The fraction of sp³-hybridized carbons (Fsp3) is 0.923. The number of nitrogens with one attached hydrogen (secondary N) is 1. The van der Waals surface area contributed by atoms with Gasteiger partial charge >= 0.3 is 0 Å². The van der Waals surface area contributed by atoms with Gasteiger partial charge in [0.05, 0.1) is 0 Å². The van der Waals surface area contributed by atoms with Gasteiger partial charge in [-0.15, -0.1) is 0 Å². The summed E-state index contributed by atoms with van der Waals surface area (Å²) in [5.41, 5.74) is 2.19. The first-order valence-electron chi connectivity index (χ1n) is 6.76. The van der Waals surface area contributed by atoms with E-state index in [-0.39, 0.29) is 5.91 Å². The molecule has 4 heteroatoms. The van der Waals surface area contributed by atoms with Crippen molar-refractivity contribution in [3.8, 4) is 0 Å². The van der Waals surface area contributed by atoms with Crippen molar-refractivity contribution in [2.45, 2.75) is 64.5 Å². The van der Waals surface area contributed by atoms with Crippen molar-refractivity contribution in [2.24, 2.45) is 11.8 Å². The molecule has 0 radical (unpaired) electrons. The summed E-state index contributed by atoms with van der Waals surface area (Å²) in [6.45, 7) is 4.53. The lowest BCUT2D eigenvalue weighted by molar-refractivity contribution is -0.121. The van der Waals surface area contributed by atoms with Crippen LogP contribution in [0.3, 0.4) is 0 Å². The number of amides is 1. The van der Waals surface area contributed by atoms with Gasteiger partial charge in [0.1, 0.15) is 0 Å². The van der Waals surface area contributed by atoms with E-state index >= 15 is 0 Å². The van der Waals surface area contributed by atoms with Crippen molar-refractivity contribution in [3.05, 3.63) is 0 Å². The largest absolute Gasteiger partial charge is 0.301 e. The Morgan fingerprint density at radius 2 is 2.00 bits per heavy atom. The van der Waals surface area contributed by atoms with Crippen LogP contribution in [0.15, 0.2) is 0 Å². The molecule has 1 aliphatic rings. The number of hydrogen-bond acceptors (Lipinski definition) is 3. The molecule has 0 spiro atoms. The lowest BCUT2D eigenvalue weighted by Crippen LogP contribution is -2.41. The first kappa shape index (κ1) is 14.5. The second-order valence-corrected chi connectivity index (χ2v) is 5.53. The summed E-state index contributed by atoms with van der Waals surface area (Å²) in [6.07, 6.45) is 6.67. The number of nitrogens with zero attached hydrogens (tertiary/aromatic N) is 1. The number of nitrogens with two attached hydrogens (primary N) is 1. The van der Waals surface area contributed by atoms with E-state index in [4.69, 9.17) is 5.84 Å². The lowest BCUT2D eigenvalue weighted by Gasteiger charge is -2.37. The fourth-order valence-corrected chi connectivity index (χ4v) is 2.63. The molecule has 0 bridgehead atoms. The van der Waals surface area contributed by atoms with Gasteiger partial charge in [0, 0.05) is 18.5 Å². The molecule has 0 saturated heterocycles. The minimum absolute atomic E-state index is 0.0671. The Labute approximate surface area is 105 Å². The van der Waals surface area contributed by atoms with E-state index in [9.17, 15) is 4.79 Å². The number of carbonyl (C=O) groups excluding carboxylic acids is 1. The Hall–Kier alpha value is -0.610. The Kier molecular flexibility index (Phi) is 5.92. The quantitative estimate of drug-likeness (QED) is 0.437. The molecule has 1 saturated carbocycles. The average molecular weight is 241 g/mol. The molecule has 0 aromatic rings. The van der Waals surface area contributed by atoms with Crippen molar-refractivity contribution in [2.75, 3.05) is 7.05 Å². The summed E-state index contributed by atoms with van der Waals surface area (Å²) >= 11 is 0. The normalized spacial score (nSPS) is 26.9. The highest BCUT2D eigenvalue weighted by molar-refractivity contribution is 5.75. The Bertz CT molecular complexity index is 237. The van der Waals surface area contributed by atoms with Crippen LogP contribution in [0.5, 0.6) is 0 Å². The molecular formula is C13H27N3O. The van der Waals surface area contributed by atoms with Crippen LogP contribution in [0.2, 0.25) is 0 Å². The molecule has 0 heterocycles. The van der Waals surface area contributed by atoms with Crippen molar-refractivity contribution in [1.29, 1.82) is 0 Å². The third kappa shape index (κ3) is 4.64. The molecule has 0 aliphatic heterocycles. The molecule has 1 atom stereocenters. The van der Waals surface area contributed by atoms with Gasteiger partial charge in [0.25, 0.3) is 0 Å². The minimum Gasteiger partial charge on any atom is -0.301 e. The van der Waals surface area contributed by atoms with Gasteiger partial charge in [0.15, 0.2) is 0 Å². The first-order chi connectivity index (χ1) is 8.04. The molecular weight excluding hydrogens is 214 g/mol. The molecule has 17 heavy (non-hydrogen) atoms. The first-order valence-corrected chi connectivity index (χ1v) is 6.76. The van der Waals surface area contributed by atoms with Crippen LogP contribution in [-0.4, -0.2) is 29.9 Å². The van der Waals surface area contributed by atoms with Crippen LogP contribution in [0.4, 0.5) is 0 Å². The maximum Gasteiger partial charge on any atom is 0.233 e. The summed E-state index contributed by atoms with van der Waals surface area (Å²) in [5.74, 6) is 5.90. The monoisotopic (exact) mass is 241 g/mol. The van der Waals surface area contributed by atoms with E-state index in [1.165, 1.54) is 25.7 Å². The van der Waals surface area contributed by atoms with Gasteiger partial charge < -0.3 is 4.90 Å². The highest BCUT2D eigenvalue weighted by Crippen LogP contribution is 2.27. The number of carbonyl (C=O) groups is 1. The van der Waals surface area contributed by atoms with Crippen molar-refractivity contribution >= 4 is 5.91 Å². The maximum atomic E-state index is 11.1. The third-order valence-electron chi connectivity index (χ3n) is 4.21. The number of rotatable bonds is 5. The predicted octanol–water partition coefficient (Wildman–Crippen LogP) is 1.66. The third-order valence-corrected chi connectivity index (χ3v) is 4.21. The van der Waals surface area contributed by atoms with E-state index in [2.05, 4.69) is 31.2 Å². The highest BCUT2D eigenvalue weighted by Gasteiger charge is 2.24. The fourth-order valence-electron chi connectivity index (χ4n) is 2.63. The zero-order chi connectivity index (χ0) is 12.8. The van der Waals surface area contributed by atoms with Gasteiger partial charge in [-0.25, -0.2) is 5.84 Å². The van der Waals surface area contributed by atoms with Crippen LogP contribution in [0.25, 0.3) is 0 Å². The highest BCUT2D eigenvalue weighted by atomic mass is 16.2. The van der Waals surface area contributed by atoms with Crippen LogP contribution in [-0.2, 0) is 4.79 Å². The Morgan fingerprint density at radius 3 is 2.53 bits per heavy atom. The lowest BCUT2D eigenvalue weighted by atomic mass is 9.86. The molecule has 1 fully saturated rings. The zero-order valence-corrected chi connectivity index (χ0v) is 11.4. The van der Waals surface area contributed by atoms with E-state index < -0.39 is 0 Å². The average Bonchev–Trinajstić information content (AvgIpc) is 2.35. The smallest absolute Gasteiger partial charge is 0.233 e. The van der Waals surface area contributed by atoms with E-state index in [0.29, 0.717) is 18.5 Å². The number of hydrogen-bond donors (Lipinski definition) is 2. The summed E-state index contributed by atoms with van der Waals surface area (Å²) in [7, 11) is 2.19. The summed E-state index contributed by atoms with van der Waals surface area (Å²) in [5, 5.41) is 0. The van der Waals surface area contributed by atoms with Crippen LogP contribution < -0.4 is 11.3 Å². The topological polar surface area (TPSA) is 58.4 Å². The van der Waals surface area contributed by atoms with Gasteiger partial charge in [0.2, 0.25) is 5.91 Å². The molecule has 1 unspecified atom stereocenters. The molecule has 4 nitrogen and oxygen atoms in total. The standard InChI is InChI=1S/C13H27N3O/c1-10-4-7-12(8-5-10)16(3)11(2)6-9-13(17)15-14/h10-12H,4-9,14H2,1-3H3,(H,15,17). The van der Waals surface area contributed by atoms with Gasteiger partial charge in [-0.3, -0.25) is 10.2 Å². The molecule has 1 amide bonds. The molecule has 0 aromatic heterocycles. The molecule has 3 N–H and O–H groups in total. The van der Waals surface area contributed by atoms with Crippen molar-refractivity contribution in [3.63, 3.8) is 0 Å². The molecule has 1 rings (SSSR count). The van der Waals surface area contributed by atoms with E-state index in [0.717, 1.165) is 12.3 Å². The Balaban J connectivity index is 2.30. The van der Waals surface area contributed by atoms with Crippen LogP contribution >= 0.6 is 0 Å². The SMILES string of the molecule is CC1CCC(N(C)C(C)CCC(=O)NN)CC1. The second-order valence-electron chi connectivity index (χ2n) is 5.53. The molecule has 100 valence electrons. The maximum absolute atomic E-state index is 11.1. The van der Waals surface area contributed by atoms with Crippen LogP contribution in [0, 0.1) is 5.92 Å². The van der Waals surface area contributed by atoms with Crippen molar-refractivity contribution in [1.82, 2.24) is 10.3 Å². The predicted molar refractivity (Wildman–Crippen MR) is 70.2 cm³/mol. The summed E-state index contributed by atoms with van der Waals surface area (Å²) < 4.78 is 0. The molecule has 1 aliphatic carbocycles. The summed E-state index contributed by atoms with van der Waals surface area (Å²) in [6, 6.07) is 1.15. The van der Waals surface area contributed by atoms with E-state index in [1.807, 2.05) is 0 Å². The summed E-state index contributed by atoms with van der Waals surface area (Å²) in [4.78, 5) is 13.5. The zero-order valence-electron chi connectivity index (χ0n) is 11.4. The molecule has 0 aromatic carbocycles. The van der Waals surface area contributed by atoms with Gasteiger partial charge in [-0.1, -0.05) is 6.92 Å². The number of hydrazine groups is 1. The Morgan fingerprint density at radius 1 is 1.41 bits per heavy atom.